The third-order valence-electron chi connectivity index (χ3n) is 4.38. The minimum Gasteiger partial charge on any atom is -0.507 e. The van der Waals surface area contributed by atoms with Crippen molar-refractivity contribution in [1.29, 1.82) is 0 Å². The molecule has 0 saturated heterocycles. The second-order valence-corrected chi connectivity index (χ2v) is 6.14. The Morgan fingerprint density at radius 3 is 2.42 bits per heavy atom. The van der Waals surface area contributed by atoms with E-state index in [1.807, 2.05) is 38.1 Å². The lowest BCUT2D eigenvalue weighted by atomic mass is 9.95. The number of ketones is 1. The fraction of sp³-hybridized carbons (Fsp3) is 0.200. The number of phenols is 1. The van der Waals surface area contributed by atoms with Crippen LogP contribution in [-0.4, -0.2) is 16.8 Å². The van der Waals surface area contributed by atoms with Crippen molar-refractivity contribution in [3.63, 3.8) is 0 Å². The Kier molecular flexibility index (Phi) is 3.97. The first kappa shape index (κ1) is 16.0. The van der Waals surface area contributed by atoms with Gasteiger partial charge in [-0.2, -0.15) is 0 Å². The molecule has 0 aromatic heterocycles. The van der Waals surface area contributed by atoms with Crippen molar-refractivity contribution in [3.05, 3.63) is 64.2 Å². The number of carbonyl (C=O) groups excluding carboxylic acids is 2. The van der Waals surface area contributed by atoms with Crippen LogP contribution in [0.1, 0.15) is 46.8 Å². The summed E-state index contributed by atoms with van der Waals surface area (Å²) in [5.41, 5.74) is 4.59. The summed E-state index contributed by atoms with van der Waals surface area (Å²) in [6, 6.07) is 10.7. The Morgan fingerprint density at radius 2 is 1.83 bits per heavy atom. The van der Waals surface area contributed by atoms with Crippen molar-refractivity contribution in [1.82, 2.24) is 0 Å². The first-order chi connectivity index (χ1) is 11.4. The van der Waals surface area contributed by atoms with Gasteiger partial charge in [0.25, 0.3) is 0 Å². The van der Waals surface area contributed by atoms with E-state index >= 15 is 0 Å². The Hall–Kier alpha value is -2.88. The Balaban J connectivity index is 1.97. The van der Waals surface area contributed by atoms with Gasteiger partial charge in [-0.25, -0.2) is 0 Å². The van der Waals surface area contributed by atoms with Gasteiger partial charge in [0.15, 0.2) is 5.78 Å². The molecule has 1 amide bonds. The third kappa shape index (κ3) is 2.71. The number of fused-ring (bicyclic) bond motifs is 1. The predicted molar refractivity (Wildman–Crippen MR) is 94.3 cm³/mol. The van der Waals surface area contributed by atoms with E-state index in [1.165, 1.54) is 6.92 Å². The van der Waals surface area contributed by atoms with Crippen LogP contribution in [0.5, 0.6) is 5.75 Å². The molecule has 2 N–H and O–H groups in total. The zero-order valence-electron chi connectivity index (χ0n) is 13.9. The fourth-order valence-corrected chi connectivity index (χ4v) is 3.24. The standard InChI is InChI=1S/C20H19NO3/c1-11-4-9-17(23)19-18(11)12(2)16(20(19)24)10-14-5-7-15(8-6-14)21-13(3)22/h4-10,12,23H,1-3H3,(H,21,22). The summed E-state index contributed by atoms with van der Waals surface area (Å²) in [6.07, 6.45) is 1.85. The minimum absolute atomic E-state index is 0.0388. The number of hydrogen-bond donors (Lipinski definition) is 2. The number of allylic oxidation sites excluding steroid dienone is 1. The van der Waals surface area contributed by atoms with Crippen LogP contribution in [-0.2, 0) is 4.79 Å². The van der Waals surface area contributed by atoms with Gasteiger partial charge in [-0.15, -0.1) is 0 Å². The third-order valence-corrected chi connectivity index (χ3v) is 4.38. The van der Waals surface area contributed by atoms with Crippen LogP contribution < -0.4 is 5.32 Å². The van der Waals surface area contributed by atoms with Crippen molar-refractivity contribution >= 4 is 23.5 Å². The van der Waals surface area contributed by atoms with Crippen LogP contribution in [0.15, 0.2) is 42.0 Å². The van der Waals surface area contributed by atoms with Gasteiger partial charge < -0.3 is 10.4 Å². The zero-order chi connectivity index (χ0) is 17.4. The number of Topliss-reactive ketones (excluding diaryl/α,β-unsaturated/α-hetero) is 1. The lowest BCUT2D eigenvalue weighted by Gasteiger charge is -2.09. The molecule has 2 aromatic rings. The molecular weight excluding hydrogens is 302 g/mol. The summed E-state index contributed by atoms with van der Waals surface area (Å²) in [4.78, 5) is 23.8. The molecule has 0 bridgehead atoms. The first-order valence-corrected chi connectivity index (χ1v) is 7.85. The molecule has 0 saturated carbocycles. The number of aryl methyl sites for hydroxylation is 1. The van der Waals surface area contributed by atoms with Gasteiger partial charge in [-0.1, -0.05) is 25.1 Å². The summed E-state index contributed by atoms with van der Waals surface area (Å²) >= 11 is 0. The SMILES string of the molecule is CC(=O)Nc1ccc(C=C2C(=O)c3c(O)ccc(C)c3C2C)cc1. The molecule has 122 valence electrons. The minimum atomic E-state index is -0.123. The lowest BCUT2D eigenvalue weighted by molar-refractivity contribution is -0.114. The highest BCUT2D eigenvalue weighted by Crippen LogP contribution is 2.43. The van der Waals surface area contributed by atoms with Crippen LogP contribution in [0.2, 0.25) is 0 Å². The maximum atomic E-state index is 12.7. The smallest absolute Gasteiger partial charge is 0.221 e. The van der Waals surface area contributed by atoms with E-state index in [2.05, 4.69) is 5.32 Å². The number of hydrogen-bond acceptors (Lipinski definition) is 3. The molecule has 0 spiro atoms. The number of aromatic hydroxyl groups is 1. The summed E-state index contributed by atoms with van der Waals surface area (Å²) in [7, 11) is 0. The van der Waals surface area contributed by atoms with Crippen molar-refractivity contribution in [3.8, 4) is 5.75 Å². The number of phenolic OH excluding ortho intramolecular Hbond substituents is 1. The molecular formula is C20H19NO3. The Morgan fingerprint density at radius 1 is 1.17 bits per heavy atom. The molecule has 2 aromatic carbocycles. The second-order valence-electron chi connectivity index (χ2n) is 6.14. The molecule has 1 unspecified atom stereocenters. The van der Waals surface area contributed by atoms with Crippen molar-refractivity contribution < 1.29 is 14.7 Å². The Bertz CT molecular complexity index is 863. The average molecular weight is 321 g/mol. The summed E-state index contributed by atoms with van der Waals surface area (Å²) < 4.78 is 0. The van der Waals surface area contributed by atoms with Gasteiger partial charge in [0.2, 0.25) is 5.91 Å². The van der Waals surface area contributed by atoms with Gasteiger partial charge in [0.1, 0.15) is 5.75 Å². The zero-order valence-corrected chi connectivity index (χ0v) is 13.9. The molecule has 0 fully saturated rings. The molecule has 0 heterocycles. The van der Waals surface area contributed by atoms with E-state index in [4.69, 9.17) is 0 Å². The molecule has 24 heavy (non-hydrogen) atoms. The van der Waals surface area contributed by atoms with E-state index in [-0.39, 0.29) is 23.4 Å². The quantitative estimate of drug-likeness (QED) is 0.820. The van der Waals surface area contributed by atoms with E-state index in [0.29, 0.717) is 16.8 Å². The van der Waals surface area contributed by atoms with Gasteiger partial charge >= 0.3 is 0 Å². The second kappa shape index (κ2) is 5.96. The van der Waals surface area contributed by atoms with E-state index in [1.54, 1.807) is 18.2 Å². The predicted octanol–water partition coefficient (Wildman–Crippen LogP) is 4.04. The van der Waals surface area contributed by atoms with Crippen LogP contribution in [0.4, 0.5) is 5.69 Å². The first-order valence-electron chi connectivity index (χ1n) is 7.85. The van der Waals surface area contributed by atoms with Crippen LogP contribution >= 0.6 is 0 Å². The normalized spacial score (nSPS) is 17.9. The molecule has 1 aliphatic carbocycles. The van der Waals surface area contributed by atoms with Gasteiger partial charge in [0, 0.05) is 24.1 Å². The fourth-order valence-electron chi connectivity index (χ4n) is 3.24. The van der Waals surface area contributed by atoms with E-state index < -0.39 is 0 Å². The maximum Gasteiger partial charge on any atom is 0.221 e. The van der Waals surface area contributed by atoms with E-state index in [9.17, 15) is 14.7 Å². The maximum absolute atomic E-state index is 12.7. The molecule has 0 aliphatic heterocycles. The van der Waals surface area contributed by atoms with Gasteiger partial charge in [-0.05, 0) is 47.9 Å². The summed E-state index contributed by atoms with van der Waals surface area (Å²) in [5, 5.41) is 12.8. The number of rotatable bonds is 2. The van der Waals surface area contributed by atoms with Gasteiger partial charge in [0.05, 0.1) is 5.56 Å². The largest absolute Gasteiger partial charge is 0.507 e. The van der Waals surface area contributed by atoms with Crippen LogP contribution in [0.3, 0.4) is 0 Å². The molecule has 1 aliphatic rings. The molecule has 4 nitrogen and oxygen atoms in total. The number of carbonyl (C=O) groups is 2. The molecule has 3 rings (SSSR count). The molecule has 0 radical (unpaired) electrons. The van der Waals surface area contributed by atoms with Gasteiger partial charge in [-0.3, -0.25) is 9.59 Å². The number of amides is 1. The summed E-state index contributed by atoms with van der Waals surface area (Å²) in [5.74, 6) is -0.266. The number of nitrogens with one attached hydrogen (secondary N) is 1. The highest BCUT2D eigenvalue weighted by atomic mass is 16.3. The summed E-state index contributed by atoms with van der Waals surface area (Å²) in [6.45, 7) is 5.39. The van der Waals surface area contributed by atoms with Crippen molar-refractivity contribution in [2.75, 3.05) is 5.32 Å². The highest BCUT2D eigenvalue weighted by Gasteiger charge is 2.35. The topological polar surface area (TPSA) is 66.4 Å². The molecule has 1 atom stereocenters. The van der Waals surface area contributed by atoms with Crippen molar-refractivity contribution in [2.45, 2.75) is 26.7 Å². The monoisotopic (exact) mass is 321 g/mol. The van der Waals surface area contributed by atoms with Crippen molar-refractivity contribution in [2.24, 2.45) is 0 Å². The Labute approximate surface area is 140 Å². The van der Waals surface area contributed by atoms with E-state index in [0.717, 1.165) is 16.7 Å². The average Bonchev–Trinajstić information content (AvgIpc) is 2.78. The van der Waals surface area contributed by atoms with Crippen LogP contribution in [0.25, 0.3) is 6.08 Å². The highest BCUT2D eigenvalue weighted by molar-refractivity contribution is 6.18. The molecule has 4 heteroatoms. The van der Waals surface area contributed by atoms with Crippen LogP contribution in [0, 0.1) is 6.92 Å². The lowest BCUT2D eigenvalue weighted by Crippen LogP contribution is -2.05. The number of benzene rings is 2. The number of anilines is 1.